The third-order valence-corrected chi connectivity index (χ3v) is 3.65. The van der Waals surface area contributed by atoms with E-state index in [9.17, 15) is 23.1 Å². The van der Waals surface area contributed by atoms with Crippen molar-refractivity contribution in [2.45, 2.75) is 32.5 Å². The fourth-order valence-corrected chi connectivity index (χ4v) is 2.77. The van der Waals surface area contributed by atoms with E-state index in [0.717, 1.165) is 12.5 Å². The van der Waals surface area contributed by atoms with Crippen LogP contribution in [0.1, 0.15) is 36.2 Å². The van der Waals surface area contributed by atoms with Gasteiger partial charge in [0.1, 0.15) is 0 Å². The maximum atomic E-state index is 12.7. The number of alkyl halides is 3. The second-order valence-electron chi connectivity index (χ2n) is 5.38. The average Bonchev–Trinajstić information content (AvgIpc) is 2.66. The van der Waals surface area contributed by atoms with Crippen LogP contribution >= 0.6 is 0 Å². The Labute approximate surface area is 115 Å². The van der Waals surface area contributed by atoms with Crippen LogP contribution in [-0.2, 0) is 6.18 Å². The van der Waals surface area contributed by atoms with Gasteiger partial charge in [0.2, 0.25) is 0 Å². The normalized spacial score (nSPS) is 23.1. The van der Waals surface area contributed by atoms with Gasteiger partial charge in [0, 0.05) is 12.6 Å². The first-order valence-electron chi connectivity index (χ1n) is 6.41. The number of aromatic carboxylic acids is 1. The highest BCUT2D eigenvalue weighted by atomic mass is 19.4. The number of carboxylic acids is 1. The van der Waals surface area contributed by atoms with E-state index in [1.807, 2.05) is 18.7 Å². The first-order chi connectivity index (χ1) is 9.20. The predicted octanol–water partition coefficient (Wildman–Crippen LogP) is 3.64. The van der Waals surface area contributed by atoms with Gasteiger partial charge in [-0.3, -0.25) is 0 Å². The summed E-state index contributed by atoms with van der Waals surface area (Å²) in [5.41, 5.74) is -0.860. The lowest BCUT2D eigenvalue weighted by Gasteiger charge is -2.26. The van der Waals surface area contributed by atoms with Gasteiger partial charge in [-0.15, -0.1) is 0 Å². The minimum atomic E-state index is -4.54. The van der Waals surface area contributed by atoms with Crippen molar-refractivity contribution in [3.63, 3.8) is 0 Å². The molecule has 0 bridgehead atoms. The highest BCUT2D eigenvalue weighted by molar-refractivity contribution is 5.95. The SMILES string of the molecule is CC1CC(C)N(c2ccc(C(F)(F)F)cc2C(=O)O)C1. The number of benzene rings is 1. The van der Waals surface area contributed by atoms with Crippen LogP contribution in [0.3, 0.4) is 0 Å². The summed E-state index contributed by atoms with van der Waals surface area (Å²) in [5.74, 6) is -0.938. The van der Waals surface area contributed by atoms with Gasteiger partial charge in [0.05, 0.1) is 16.8 Å². The van der Waals surface area contributed by atoms with E-state index >= 15 is 0 Å². The summed E-state index contributed by atoms with van der Waals surface area (Å²) in [6.07, 6.45) is -3.63. The molecule has 1 saturated heterocycles. The molecule has 1 N–H and O–H groups in total. The van der Waals surface area contributed by atoms with Crippen LogP contribution in [0.25, 0.3) is 0 Å². The van der Waals surface area contributed by atoms with Crippen molar-refractivity contribution in [2.75, 3.05) is 11.4 Å². The van der Waals surface area contributed by atoms with Crippen molar-refractivity contribution >= 4 is 11.7 Å². The largest absolute Gasteiger partial charge is 0.478 e. The molecule has 2 unspecified atom stereocenters. The quantitative estimate of drug-likeness (QED) is 0.902. The Morgan fingerprint density at radius 2 is 2.00 bits per heavy atom. The molecule has 1 aliphatic heterocycles. The van der Waals surface area contributed by atoms with E-state index in [0.29, 0.717) is 24.2 Å². The molecule has 0 aromatic heterocycles. The summed E-state index contributed by atoms with van der Waals surface area (Å²) in [5, 5.41) is 9.17. The fraction of sp³-hybridized carbons (Fsp3) is 0.500. The molecular formula is C14H16F3NO2. The molecule has 6 heteroatoms. The van der Waals surface area contributed by atoms with Gasteiger partial charge in [-0.2, -0.15) is 13.2 Å². The molecule has 2 rings (SSSR count). The number of carbonyl (C=O) groups is 1. The number of hydrogen-bond acceptors (Lipinski definition) is 2. The monoisotopic (exact) mass is 287 g/mol. The number of halogens is 3. The summed E-state index contributed by atoms with van der Waals surface area (Å²) in [7, 11) is 0. The van der Waals surface area contributed by atoms with Crippen LogP contribution in [0.5, 0.6) is 0 Å². The van der Waals surface area contributed by atoms with Gasteiger partial charge < -0.3 is 10.0 Å². The molecule has 1 aliphatic rings. The van der Waals surface area contributed by atoms with E-state index in [4.69, 9.17) is 0 Å². The second kappa shape index (κ2) is 5.00. The van der Waals surface area contributed by atoms with Crippen molar-refractivity contribution in [3.05, 3.63) is 29.3 Å². The lowest BCUT2D eigenvalue weighted by molar-refractivity contribution is -0.137. The Morgan fingerprint density at radius 1 is 1.35 bits per heavy atom. The predicted molar refractivity (Wildman–Crippen MR) is 69.0 cm³/mol. The number of nitrogens with zero attached hydrogens (tertiary/aromatic N) is 1. The number of anilines is 1. The molecule has 3 nitrogen and oxygen atoms in total. The maximum absolute atomic E-state index is 12.7. The first-order valence-corrected chi connectivity index (χ1v) is 6.41. The van der Waals surface area contributed by atoms with Crippen LogP contribution in [0.4, 0.5) is 18.9 Å². The van der Waals surface area contributed by atoms with Crippen LogP contribution < -0.4 is 4.90 Å². The zero-order chi connectivity index (χ0) is 15.1. The van der Waals surface area contributed by atoms with Crippen molar-refractivity contribution < 1.29 is 23.1 Å². The van der Waals surface area contributed by atoms with Gasteiger partial charge in [-0.05, 0) is 37.5 Å². The molecule has 0 saturated carbocycles. The Hall–Kier alpha value is -1.72. The summed E-state index contributed by atoms with van der Waals surface area (Å²) < 4.78 is 38.0. The third-order valence-electron chi connectivity index (χ3n) is 3.65. The summed E-state index contributed by atoms with van der Waals surface area (Å²) in [6.45, 7) is 4.65. The van der Waals surface area contributed by atoms with E-state index in [1.165, 1.54) is 6.07 Å². The second-order valence-corrected chi connectivity index (χ2v) is 5.38. The molecular weight excluding hydrogens is 271 g/mol. The maximum Gasteiger partial charge on any atom is 0.416 e. The third kappa shape index (κ3) is 2.73. The molecule has 0 amide bonds. The Bertz CT molecular complexity index is 528. The zero-order valence-corrected chi connectivity index (χ0v) is 11.2. The van der Waals surface area contributed by atoms with Crippen LogP contribution in [-0.4, -0.2) is 23.7 Å². The lowest BCUT2D eigenvalue weighted by Crippen LogP contribution is -2.28. The molecule has 1 fully saturated rings. The van der Waals surface area contributed by atoms with E-state index in [2.05, 4.69) is 0 Å². The van der Waals surface area contributed by atoms with Gasteiger partial charge in [-0.25, -0.2) is 4.79 Å². The van der Waals surface area contributed by atoms with Gasteiger partial charge >= 0.3 is 12.1 Å². The molecule has 0 radical (unpaired) electrons. The highest BCUT2D eigenvalue weighted by Gasteiger charge is 2.34. The minimum absolute atomic E-state index is 0.125. The molecule has 110 valence electrons. The molecule has 1 aromatic rings. The highest BCUT2D eigenvalue weighted by Crippen LogP contribution is 2.36. The summed E-state index contributed by atoms with van der Waals surface area (Å²) in [6, 6.07) is 3.05. The van der Waals surface area contributed by atoms with Crippen molar-refractivity contribution in [1.82, 2.24) is 0 Å². The number of hydrogen-bond donors (Lipinski definition) is 1. The number of rotatable bonds is 2. The van der Waals surface area contributed by atoms with E-state index in [-0.39, 0.29) is 11.6 Å². The molecule has 2 atom stereocenters. The molecule has 0 spiro atoms. The minimum Gasteiger partial charge on any atom is -0.478 e. The Balaban J connectivity index is 2.46. The first kappa shape index (κ1) is 14.7. The van der Waals surface area contributed by atoms with Crippen molar-refractivity contribution in [1.29, 1.82) is 0 Å². The van der Waals surface area contributed by atoms with Crippen molar-refractivity contribution in [3.8, 4) is 0 Å². The standard InChI is InChI=1S/C14H16F3NO2/c1-8-5-9(2)18(7-8)12-4-3-10(14(15,16)17)6-11(12)13(19)20/h3-4,6,8-9H,5,7H2,1-2H3,(H,19,20). The van der Waals surface area contributed by atoms with E-state index < -0.39 is 17.7 Å². The van der Waals surface area contributed by atoms with Crippen molar-refractivity contribution in [2.24, 2.45) is 5.92 Å². The average molecular weight is 287 g/mol. The molecule has 1 heterocycles. The molecule has 0 aliphatic carbocycles. The molecule has 1 aromatic carbocycles. The lowest BCUT2D eigenvalue weighted by atomic mass is 10.1. The molecule has 20 heavy (non-hydrogen) atoms. The smallest absolute Gasteiger partial charge is 0.416 e. The topological polar surface area (TPSA) is 40.5 Å². The van der Waals surface area contributed by atoms with Gasteiger partial charge in [-0.1, -0.05) is 6.92 Å². The summed E-state index contributed by atoms with van der Waals surface area (Å²) >= 11 is 0. The van der Waals surface area contributed by atoms with Gasteiger partial charge in [0.15, 0.2) is 0 Å². The van der Waals surface area contributed by atoms with Crippen LogP contribution in [0, 0.1) is 5.92 Å². The number of carboxylic acid groups (broad SMARTS) is 1. The van der Waals surface area contributed by atoms with E-state index in [1.54, 1.807) is 0 Å². The summed E-state index contributed by atoms with van der Waals surface area (Å²) in [4.78, 5) is 13.1. The van der Waals surface area contributed by atoms with Crippen LogP contribution in [0.2, 0.25) is 0 Å². The van der Waals surface area contributed by atoms with Gasteiger partial charge in [0.25, 0.3) is 0 Å². The van der Waals surface area contributed by atoms with Crippen LogP contribution in [0.15, 0.2) is 18.2 Å². The fourth-order valence-electron chi connectivity index (χ4n) is 2.77. The zero-order valence-electron chi connectivity index (χ0n) is 11.2. The Kier molecular flexibility index (Phi) is 3.67. The Morgan fingerprint density at radius 3 is 2.45 bits per heavy atom.